The van der Waals surface area contributed by atoms with Crippen LogP contribution >= 0.6 is 11.3 Å². The molecule has 24 heavy (non-hydrogen) atoms. The number of nitrogens with zero attached hydrogens (tertiary/aromatic N) is 2. The first kappa shape index (κ1) is 16.6. The molecule has 1 aromatic heterocycles. The maximum Gasteiger partial charge on any atom is 0.231 e. The Kier molecular flexibility index (Phi) is 5.20. The normalized spacial score (nSPS) is 13.2. The summed E-state index contributed by atoms with van der Waals surface area (Å²) < 4.78 is 10.7. The molecule has 0 atom stereocenters. The number of benzene rings is 1. The number of thiazole rings is 1. The SMILES string of the molecule is CN=C(NCCc1ccc2c(c1)OCO2)NCc1sc(C)nc1C. The van der Waals surface area contributed by atoms with Crippen molar-refractivity contribution in [2.45, 2.75) is 26.8 Å². The average molecular weight is 346 g/mol. The van der Waals surface area contributed by atoms with Gasteiger partial charge in [-0.05, 0) is 38.0 Å². The monoisotopic (exact) mass is 346 g/mol. The Morgan fingerprint density at radius 2 is 2.08 bits per heavy atom. The van der Waals surface area contributed by atoms with Crippen molar-refractivity contribution in [3.8, 4) is 11.5 Å². The van der Waals surface area contributed by atoms with Gasteiger partial charge in [0, 0.05) is 18.5 Å². The molecule has 0 radical (unpaired) electrons. The van der Waals surface area contributed by atoms with E-state index in [0.717, 1.165) is 47.7 Å². The molecule has 1 aliphatic rings. The quantitative estimate of drug-likeness (QED) is 0.643. The van der Waals surface area contributed by atoms with Gasteiger partial charge in [-0.2, -0.15) is 0 Å². The first-order chi connectivity index (χ1) is 11.7. The Labute approximate surface area is 145 Å². The van der Waals surface area contributed by atoms with Crippen LogP contribution < -0.4 is 20.1 Å². The summed E-state index contributed by atoms with van der Waals surface area (Å²) in [6.45, 7) is 5.90. The van der Waals surface area contributed by atoms with Crippen LogP contribution in [0.4, 0.5) is 0 Å². The van der Waals surface area contributed by atoms with Crippen molar-refractivity contribution in [3.05, 3.63) is 39.3 Å². The van der Waals surface area contributed by atoms with E-state index in [-0.39, 0.29) is 0 Å². The Balaban J connectivity index is 1.47. The number of aromatic nitrogens is 1. The molecule has 0 unspecified atom stereocenters. The lowest BCUT2D eigenvalue weighted by atomic mass is 10.1. The number of nitrogens with one attached hydrogen (secondary N) is 2. The highest BCUT2D eigenvalue weighted by Crippen LogP contribution is 2.32. The van der Waals surface area contributed by atoms with Crippen molar-refractivity contribution in [2.24, 2.45) is 4.99 Å². The van der Waals surface area contributed by atoms with Crippen LogP contribution in [0.2, 0.25) is 0 Å². The minimum Gasteiger partial charge on any atom is -0.454 e. The van der Waals surface area contributed by atoms with E-state index in [1.807, 2.05) is 26.0 Å². The van der Waals surface area contributed by atoms with Gasteiger partial charge in [-0.15, -0.1) is 11.3 Å². The number of rotatable bonds is 5. The summed E-state index contributed by atoms with van der Waals surface area (Å²) in [4.78, 5) is 9.95. The maximum atomic E-state index is 5.40. The average Bonchev–Trinajstić information content (AvgIpc) is 3.16. The van der Waals surface area contributed by atoms with Gasteiger partial charge >= 0.3 is 0 Å². The molecule has 3 rings (SSSR count). The minimum absolute atomic E-state index is 0.310. The third kappa shape index (κ3) is 3.97. The molecule has 0 saturated heterocycles. The van der Waals surface area contributed by atoms with E-state index in [2.05, 4.69) is 26.7 Å². The lowest BCUT2D eigenvalue weighted by molar-refractivity contribution is 0.174. The van der Waals surface area contributed by atoms with Gasteiger partial charge in [-0.25, -0.2) is 4.98 Å². The maximum absolute atomic E-state index is 5.40. The van der Waals surface area contributed by atoms with Crippen LogP contribution in [0.25, 0.3) is 0 Å². The second-order valence-corrected chi connectivity index (χ2v) is 6.82. The van der Waals surface area contributed by atoms with Gasteiger partial charge in [0.05, 0.1) is 17.2 Å². The first-order valence-corrected chi connectivity index (χ1v) is 8.73. The van der Waals surface area contributed by atoms with Crippen molar-refractivity contribution in [3.63, 3.8) is 0 Å². The van der Waals surface area contributed by atoms with Crippen LogP contribution in [-0.2, 0) is 13.0 Å². The molecule has 0 saturated carbocycles. The van der Waals surface area contributed by atoms with E-state index in [1.54, 1.807) is 18.4 Å². The van der Waals surface area contributed by atoms with E-state index >= 15 is 0 Å². The van der Waals surface area contributed by atoms with Crippen LogP contribution in [0.3, 0.4) is 0 Å². The Morgan fingerprint density at radius 3 is 2.83 bits per heavy atom. The Bertz CT molecular complexity index is 742. The summed E-state index contributed by atoms with van der Waals surface area (Å²) in [5.74, 6) is 2.44. The van der Waals surface area contributed by atoms with E-state index in [0.29, 0.717) is 6.79 Å². The summed E-state index contributed by atoms with van der Waals surface area (Å²) >= 11 is 1.72. The lowest BCUT2D eigenvalue weighted by Gasteiger charge is -2.11. The molecule has 1 aliphatic heterocycles. The molecule has 128 valence electrons. The summed E-state index contributed by atoms with van der Waals surface area (Å²) in [5.41, 5.74) is 2.29. The van der Waals surface area contributed by atoms with E-state index in [9.17, 15) is 0 Å². The third-order valence-electron chi connectivity index (χ3n) is 3.78. The Morgan fingerprint density at radius 1 is 1.25 bits per heavy atom. The number of fused-ring (bicyclic) bond motifs is 1. The van der Waals surface area contributed by atoms with Gasteiger partial charge in [0.1, 0.15) is 0 Å². The largest absolute Gasteiger partial charge is 0.454 e. The fourth-order valence-corrected chi connectivity index (χ4v) is 3.42. The zero-order valence-corrected chi connectivity index (χ0v) is 15.0. The fourth-order valence-electron chi connectivity index (χ4n) is 2.54. The van der Waals surface area contributed by atoms with E-state index in [4.69, 9.17) is 9.47 Å². The first-order valence-electron chi connectivity index (χ1n) is 7.91. The number of hydrogen-bond donors (Lipinski definition) is 2. The summed E-state index contributed by atoms with van der Waals surface area (Å²) in [6.07, 6.45) is 0.885. The lowest BCUT2D eigenvalue weighted by Crippen LogP contribution is -2.37. The van der Waals surface area contributed by atoms with Gasteiger partial charge in [-0.1, -0.05) is 6.07 Å². The van der Waals surface area contributed by atoms with E-state index in [1.165, 1.54) is 10.4 Å². The van der Waals surface area contributed by atoms with Crippen molar-refractivity contribution in [1.82, 2.24) is 15.6 Å². The second kappa shape index (κ2) is 7.53. The highest BCUT2D eigenvalue weighted by molar-refractivity contribution is 7.11. The van der Waals surface area contributed by atoms with Crippen molar-refractivity contribution < 1.29 is 9.47 Å². The minimum atomic E-state index is 0.310. The van der Waals surface area contributed by atoms with Crippen LogP contribution in [0, 0.1) is 13.8 Å². The van der Waals surface area contributed by atoms with Crippen molar-refractivity contribution in [2.75, 3.05) is 20.4 Å². The van der Waals surface area contributed by atoms with Gasteiger partial charge in [0.15, 0.2) is 17.5 Å². The molecule has 0 spiro atoms. The highest BCUT2D eigenvalue weighted by Gasteiger charge is 2.13. The number of hydrogen-bond acceptors (Lipinski definition) is 5. The van der Waals surface area contributed by atoms with Gasteiger partial charge in [-0.3, -0.25) is 4.99 Å². The van der Waals surface area contributed by atoms with Gasteiger partial charge < -0.3 is 20.1 Å². The van der Waals surface area contributed by atoms with Crippen LogP contribution in [0.1, 0.15) is 21.1 Å². The molecule has 0 aliphatic carbocycles. The Hall–Kier alpha value is -2.28. The number of guanidine groups is 1. The van der Waals surface area contributed by atoms with Gasteiger partial charge in [0.2, 0.25) is 6.79 Å². The van der Waals surface area contributed by atoms with E-state index < -0.39 is 0 Å². The molecule has 1 aromatic carbocycles. The molecule has 0 bridgehead atoms. The molecule has 7 heteroatoms. The predicted molar refractivity (Wildman–Crippen MR) is 96.1 cm³/mol. The number of aliphatic imine (C=N–C) groups is 1. The molecular formula is C17H22N4O2S. The molecular weight excluding hydrogens is 324 g/mol. The summed E-state index contributed by atoms with van der Waals surface area (Å²) in [7, 11) is 1.78. The smallest absolute Gasteiger partial charge is 0.231 e. The van der Waals surface area contributed by atoms with Crippen LogP contribution in [-0.4, -0.2) is 31.3 Å². The van der Waals surface area contributed by atoms with Crippen LogP contribution in [0.5, 0.6) is 11.5 Å². The third-order valence-corrected chi connectivity index (χ3v) is 4.86. The topological polar surface area (TPSA) is 67.8 Å². The van der Waals surface area contributed by atoms with Crippen molar-refractivity contribution in [1.29, 1.82) is 0 Å². The summed E-state index contributed by atoms with van der Waals surface area (Å²) in [5, 5.41) is 7.76. The predicted octanol–water partition coefficient (Wildman–Crippen LogP) is 2.40. The molecule has 6 nitrogen and oxygen atoms in total. The zero-order valence-electron chi connectivity index (χ0n) is 14.2. The molecule has 0 amide bonds. The van der Waals surface area contributed by atoms with Crippen LogP contribution in [0.15, 0.2) is 23.2 Å². The molecule has 2 heterocycles. The highest BCUT2D eigenvalue weighted by atomic mass is 32.1. The van der Waals surface area contributed by atoms with Crippen molar-refractivity contribution >= 4 is 17.3 Å². The summed E-state index contributed by atoms with van der Waals surface area (Å²) in [6, 6.07) is 6.05. The standard InChI is InChI=1S/C17H22N4O2S/c1-11-16(24-12(2)21-11)9-20-17(18-3)19-7-6-13-4-5-14-15(8-13)23-10-22-14/h4-5,8H,6-7,9-10H2,1-3H3,(H2,18,19,20). The molecule has 2 N–H and O–H groups in total. The molecule has 2 aromatic rings. The number of aryl methyl sites for hydroxylation is 2. The molecule has 0 fully saturated rings. The van der Waals surface area contributed by atoms with Gasteiger partial charge in [0.25, 0.3) is 0 Å². The number of ether oxygens (including phenoxy) is 2. The second-order valence-electron chi connectivity index (χ2n) is 5.53. The zero-order chi connectivity index (χ0) is 16.9. The fraction of sp³-hybridized carbons (Fsp3) is 0.412.